The first-order valence-electron chi connectivity index (χ1n) is 17.6. The Bertz CT molecular complexity index is 1370. The molecule has 4 aliphatic carbocycles. The number of allylic oxidation sites excluding steroid dienone is 2. The van der Waals surface area contributed by atoms with Gasteiger partial charge >= 0.3 is 0 Å². The van der Waals surface area contributed by atoms with Crippen LogP contribution in [0.5, 0.6) is 0 Å². The number of hydrogen-bond donors (Lipinski definition) is 2. The summed E-state index contributed by atoms with van der Waals surface area (Å²) in [6, 6.07) is 11.3. The number of terminal acetylenes is 1. The Kier molecular flexibility index (Phi) is 8.76. The van der Waals surface area contributed by atoms with E-state index in [0.29, 0.717) is 36.3 Å². The molecule has 45 heavy (non-hydrogen) atoms. The van der Waals surface area contributed by atoms with E-state index in [1.165, 1.54) is 11.1 Å². The summed E-state index contributed by atoms with van der Waals surface area (Å²) in [7, 11) is 2.21. The van der Waals surface area contributed by atoms with Crippen molar-refractivity contribution in [1.82, 2.24) is 10.2 Å². The van der Waals surface area contributed by atoms with E-state index in [-0.39, 0.29) is 28.8 Å². The first-order chi connectivity index (χ1) is 21.5. The number of nitrogens with zero attached hydrogens (tertiary/aromatic N) is 2. The van der Waals surface area contributed by atoms with Gasteiger partial charge in [0.25, 0.3) is 5.91 Å². The molecule has 0 bridgehead atoms. The Balaban J connectivity index is 1.04. The van der Waals surface area contributed by atoms with Crippen LogP contribution in [0.3, 0.4) is 0 Å². The summed E-state index contributed by atoms with van der Waals surface area (Å²) in [6.07, 6.45) is 18.2. The van der Waals surface area contributed by atoms with Crippen molar-refractivity contribution in [3.05, 3.63) is 47.5 Å². The van der Waals surface area contributed by atoms with Gasteiger partial charge in [-0.2, -0.15) is 0 Å². The number of benzene rings is 1. The summed E-state index contributed by atoms with van der Waals surface area (Å²) in [5.74, 6) is 4.92. The second kappa shape index (κ2) is 12.2. The lowest BCUT2D eigenvalue weighted by molar-refractivity contribution is -0.125. The molecule has 5 aliphatic rings. The normalized spacial score (nSPS) is 42.1. The first kappa shape index (κ1) is 32.3. The lowest BCUT2D eigenvalue weighted by atomic mass is 9.46. The van der Waals surface area contributed by atoms with Crippen molar-refractivity contribution in [3.8, 4) is 12.3 Å². The molecule has 1 saturated heterocycles. The van der Waals surface area contributed by atoms with Crippen LogP contribution in [0, 0.1) is 46.8 Å². The third-order valence-corrected chi connectivity index (χ3v) is 13.9. The van der Waals surface area contributed by atoms with E-state index >= 15 is 0 Å². The Morgan fingerprint density at radius 3 is 2.62 bits per heavy atom. The molecule has 4 fully saturated rings. The maximum atomic E-state index is 12.8. The topological polar surface area (TPSA) is 74.2 Å². The lowest BCUT2D eigenvalue weighted by Crippen LogP contribution is -2.54. The van der Waals surface area contributed by atoms with Gasteiger partial charge in [0.05, 0.1) is 5.71 Å². The molecule has 3 saturated carbocycles. The zero-order chi connectivity index (χ0) is 32.0. The van der Waals surface area contributed by atoms with Crippen LogP contribution < -0.4 is 5.32 Å². The van der Waals surface area contributed by atoms with Crippen molar-refractivity contribution in [2.75, 3.05) is 26.7 Å². The van der Waals surface area contributed by atoms with Gasteiger partial charge in [0.1, 0.15) is 5.60 Å². The molecule has 1 aromatic rings. The molecule has 1 aromatic carbocycles. The number of fused-ring (bicyclic) bond motifs is 5. The Morgan fingerprint density at radius 2 is 1.87 bits per heavy atom. The molecular weight excluding hydrogens is 558 g/mol. The number of nitrogens with one attached hydrogen (secondary N) is 1. The van der Waals surface area contributed by atoms with Crippen molar-refractivity contribution in [2.45, 2.75) is 109 Å². The number of hydrogen-bond acceptors (Lipinski definition) is 5. The highest BCUT2D eigenvalue weighted by Crippen LogP contribution is 2.67. The predicted octanol–water partition coefficient (Wildman–Crippen LogP) is 6.49. The molecule has 0 spiro atoms. The van der Waals surface area contributed by atoms with Crippen LogP contribution >= 0.6 is 0 Å². The SMILES string of the molecule is C#C[C@]1(O)CC[C@H]2[C@@H]3CCC4=C/C(=N\OCC(=O)NCC[C@@]5(c6ccccc6)C[C@H](C)N(C)C[C@H]5C)CC[C@]4(C)[C@H]3CC[C@@]21C. The van der Waals surface area contributed by atoms with E-state index < -0.39 is 5.60 Å². The van der Waals surface area contributed by atoms with Gasteiger partial charge in [-0.05, 0) is 119 Å². The van der Waals surface area contributed by atoms with Crippen molar-refractivity contribution >= 4 is 11.6 Å². The second-order valence-electron chi connectivity index (χ2n) is 15.9. The minimum absolute atomic E-state index is 0.0404. The second-order valence-corrected chi connectivity index (χ2v) is 15.9. The molecule has 244 valence electrons. The van der Waals surface area contributed by atoms with Gasteiger partial charge in [0, 0.05) is 30.0 Å². The Morgan fingerprint density at radius 1 is 1.11 bits per heavy atom. The van der Waals surface area contributed by atoms with E-state index in [2.05, 4.69) is 92.4 Å². The molecule has 0 aromatic heterocycles. The molecule has 0 unspecified atom stereocenters. The molecule has 1 amide bonds. The lowest BCUT2D eigenvalue weighted by Gasteiger charge is -2.58. The molecule has 1 heterocycles. The third kappa shape index (κ3) is 5.46. The van der Waals surface area contributed by atoms with Crippen LogP contribution in [0.4, 0.5) is 0 Å². The molecule has 0 radical (unpaired) electrons. The van der Waals surface area contributed by atoms with Gasteiger partial charge in [-0.3, -0.25) is 4.79 Å². The maximum absolute atomic E-state index is 12.8. The number of rotatable bonds is 7. The fourth-order valence-corrected chi connectivity index (χ4v) is 10.9. The van der Waals surface area contributed by atoms with Gasteiger partial charge in [-0.25, -0.2) is 0 Å². The van der Waals surface area contributed by atoms with E-state index in [1.807, 2.05) is 0 Å². The Hall–Kier alpha value is -2.62. The fourth-order valence-electron chi connectivity index (χ4n) is 10.9. The van der Waals surface area contributed by atoms with Crippen LogP contribution in [-0.2, 0) is 15.0 Å². The highest BCUT2D eigenvalue weighted by molar-refractivity contribution is 5.96. The molecule has 2 N–H and O–H groups in total. The monoisotopic (exact) mass is 613 g/mol. The predicted molar refractivity (Wildman–Crippen MR) is 180 cm³/mol. The van der Waals surface area contributed by atoms with Crippen LogP contribution in [-0.4, -0.2) is 60.0 Å². The molecule has 6 nitrogen and oxygen atoms in total. The number of amides is 1. The summed E-state index contributed by atoms with van der Waals surface area (Å²) in [5.41, 5.74) is 2.90. The zero-order valence-corrected chi connectivity index (χ0v) is 28.3. The zero-order valence-electron chi connectivity index (χ0n) is 28.3. The van der Waals surface area contributed by atoms with Crippen LogP contribution in [0.15, 0.2) is 47.1 Å². The molecule has 9 atom stereocenters. The van der Waals surface area contributed by atoms with E-state index in [0.717, 1.165) is 76.5 Å². The van der Waals surface area contributed by atoms with Crippen molar-refractivity contribution in [3.63, 3.8) is 0 Å². The number of piperidine rings is 1. The van der Waals surface area contributed by atoms with Crippen molar-refractivity contribution < 1.29 is 14.7 Å². The number of aliphatic hydroxyl groups is 1. The van der Waals surface area contributed by atoms with E-state index in [1.54, 1.807) is 0 Å². The molecule has 6 heteroatoms. The quantitative estimate of drug-likeness (QED) is 0.272. The summed E-state index contributed by atoms with van der Waals surface area (Å²) in [6.45, 7) is 11.0. The number of carbonyl (C=O) groups is 1. The summed E-state index contributed by atoms with van der Waals surface area (Å²) in [5, 5.41) is 18.9. The average Bonchev–Trinajstić information content (AvgIpc) is 3.31. The standard InChI is InChI=1S/C39H55N3O3/c1-7-39(44)20-17-34-32-14-13-30-23-31(15-18-36(30,4)33(32)16-19-37(34,39)5)41-45-26-35(43)40-22-21-38(29-11-9-8-10-12-29)24-28(3)42(6)25-27(38)2/h1,8-12,23,27-28,32-34,44H,13-22,24-26H2,2-6H3,(H,40,43)/b41-31-/t27-,28+,32-,33+,34+,36+,37+,38-,39+/m1/s1. The van der Waals surface area contributed by atoms with Crippen LogP contribution in [0.25, 0.3) is 0 Å². The molecular formula is C39H55N3O3. The van der Waals surface area contributed by atoms with Crippen LogP contribution in [0.1, 0.15) is 97.5 Å². The Labute approximate surface area is 271 Å². The fraction of sp³-hybridized carbons (Fsp3) is 0.692. The van der Waals surface area contributed by atoms with Gasteiger partial charge in [-0.1, -0.05) is 67.8 Å². The highest BCUT2D eigenvalue weighted by atomic mass is 16.6. The number of oxime groups is 1. The molecule has 1 aliphatic heterocycles. The van der Waals surface area contributed by atoms with Crippen LogP contribution in [0.2, 0.25) is 0 Å². The third-order valence-electron chi connectivity index (χ3n) is 13.9. The summed E-state index contributed by atoms with van der Waals surface area (Å²) in [4.78, 5) is 20.9. The van der Waals surface area contributed by atoms with Gasteiger partial charge in [-0.15, -0.1) is 6.42 Å². The average molecular weight is 614 g/mol. The number of likely N-dealkylation sites (tertiary alicyclic amines) is 1. The van der Waals surface area contributed by atoms with E-state index in [4.69, 9.17) is 11.3 Å². The van der Waals surface area contributed by atoms with Crippen molar-refractivity contribution in [2.24, 2.45) is 39.7 Å². The molecule has 6 rings (SSSR count). The maximum Gasteiger partial charge on any atom is 0.260 e. The minimum Gasteiger partial charge on any atom is -0.385 e. The van der Waals surface area contributed by atoms with Crippen molar-refractivity contribution in [1.29, 1.82) is 0 Å². The summed E-state index contributed by atoms with van der Waals surface area (Å²) < 4.78 is 0. The smallest absolute Gasteiger partial charge is 0.260 e. The first-order valence-corrected chi connectivity index (χ1v) is 17.6. The number of carbonyl (C=O) groups excluding carboxylic acids is 1. The highest BCUT2D eigenvalue weighted by Gasteiger charge is 2.63. The largest absolute Gasteiger partial charge is 0.385 e. The van der Waals surface area contributed by atoms with Gasteiger partial charge < -0.3 is 20.2 Å². The van der Waals surface area contributed by atoms with Gasteiger partial charge in [0.15, 0.2) is 6.61 Å². The summed E-state index contributed by atoms with van der Waals surface area (Å²) >= 11 is 0. The van der Waals surface area contributed by atoms with Gasteiger partial charge in [0.2, 0.25) is 0 Å². The minimum atomic E-state index is -0.955. The van der Waals surface area contributed by atoms with E-state index in [9.17, 15) is 9.90 Å².